The summed E-state index contributed by atoms with van der Waals surface area (Å²) in [6.07, 6.45) is 17.7. The van der Waals surface area contributed by atoms with Crippen LogP contribution in [0.15, 0.2) is 54.1 Å². The van der Waals surface area contributed by atoms with Crippen molar-refractivity contribution in [2.75, 3.05) is 17.8 Å². The molecule has 1 aliphatic rings. The predicted octanol–water partition coefficient (Wildman–Crippen LogP) is 9.13. The van der Waals surface area contributed by atoms with E-state index in [0.29, 0.717) is 17.9 Å². The van der Waals surface area contributed by atoms with E-state index >= 15 is 0 Å². The summed E-state index contributed by atoms with van der Waals surface area (Å²) < 4.78 is 6.14. The average Bonchev–Trinajstić information content (AvgIpc) is 3.46. The van der Waals surface area contributed by atoms with Crippen LogP contribution in [-0.2, 0) is 17.8 Å². The third-order valence-electron chi connectivity index (χ3n) is 7.30. The minimum absolute atomic E-state index is 0.0474. The molecule has 2 aromatic rings. The summed E-state index contributed by atoms with van der Waals surface area (Å²) in [6, 6.07) is 13.5. The number of nitrogens with zero attached hydrogens (tertiary/aromatic N) is 1. The Labute approximate surface area is 246 Å². The lowest BCUT2D eigenvalue weighted by atomic mass is 10.0. The first-order valence-corrected chi connectivity index (χ1v) is 16.3. The van der Waals surface area contributed by atoms with Crippen LogP contribution in [-0.4, -0.2) is 29.1 Å². The standard InChI is InChI=1S/C34H48N2O3S/c1-3-4-5-6-7-8-9-10-11-12-13-14-23-39-34-30(16-15-17-32(34)28(2)37)25-33(38)35-31-20-18-29(19-21-31)26-36-22-24-40-27-36/h15-22,24H,3-14,23,25-27H2,1-2H3,(H,35,38). The van der Waals surface area contributed by atoms with Crippen molar-refractivity contribution in [1.82, 2.24) is 4.90 Å². The zero-order chi connectivity index (χ0) is 28.4. The minimum atomic E-state index is -0.123. The molecule has 40 heavy (non-hydrogen) atoms. The second-order valence-corrected chi connectivity index (χ2v) is 11.7. The van der Waals surface area contributed by atoms with Gasteiger partial charge in [0.15, 0.2) is 5.78 Å². The van der Waals surface area contributed by atoms with E-state index in [1.54, 1.807) is 24.8 Å². The Hall–Kier alpha value is -2.73. The fourth-order valence-electron chi connectivity index (χ4n) is 5.00. The van der Waals surface area contributed by atoms with Crippen molar-refractivity contribution < 1.29 is 14.3 Å². The Morgan fingerprint density at radius 3 is 2.12 bits per heavy atom. The molecular formula is C34H48N2O3S. The zero-order valence-corrected chi connectivity index (χ0v) is 25.4. The summed E-state index contributed by atoms with van der Waals surface area (Å²) in [5, 5.41) is 5.10. The van der Waals surface area contributed by atoms with Gasteiger partial charge in [-0.05, 0) is 42.5 Å². The Morgan fingerprint density at radius 1 is 0.875 bits per heavy atom. The van der Waals surface area contributed by atoms with Crippen molar-refractivity contribution in [3.8, 4) is 5.75 Å². The number of hydrogen-bond donors (Lipinski definition) is 1. The summed E-state index contributed by atoms with van der Waals surface area (Å²) >= 11 is 1.79. The molecule has 1 N–H and O–H groups in total. The molecule has 0 fully saturated rings. The average molecular weight is 565 g/mol. The summed E-state index contributed by atoms with van der Waals surface area (Å²) in [5.41, 5.74) is 3.26. The molecule has 6 heteroatoms. The van der Waals surface area contributed by atoms with Crippen LogP contribution in [0.2, 0.25) is 0 Å². The smallest absolute Gasteiger partial charge is 0.228 e. The summed E-state index contributed by atoms with van der Waals surface area (Å²) in [7, 11) is 0. The lowest BCUT2D eigenvalue weighted by molar-refractivity contribution is -0.115. The van der Waals surface area contributed by atoms with Crippen LogP contribution < -0.4 is 10.1 Å². The molecule has 3 rings (SSSR count). The third-order valence-corrected chi connectivity index (χ3v) is 8.10. The van der Waals surface area contributed by atoms with Crippen molar-refractivity contribution in [3.63, 3.8) is 0 Å². The van der Waals surface area contributed by atoms with Gasteiger partial charge >= 0.3 is 0 Å². The van der Waals surface area contributed by atoms with Gasteiger partial charge in [0, 0.05) is 24.0 Å². The number of ketones is 1. The lowest BCUT2D eigenvalue weighted by Gasteiger charge is -2.16. The number of amides is 1. The first-order chi connectivity index (χ1) is 19.6. The molecule has 0 atom stereocenters. The third kappa shape index (κ3) is 11.8. The number of hydrogen-bond acceptors (Lipinski definition) is 5. The number of rotatable bonds is 20. The molecule has 0 spiro atoms. The Kier molecular flexibility index (Phi) is 14.8. The Morgan fingerprint density at radius 2 is 1.52 bits per heavy atom. The number of para-hydroxylation sites is 1. The largest absolute Gasteiger partial charge is 0.493 e. The van der Waals surface area contributed by atoms with Gasteiger partial charge < -0.3 is 15.0 Å². The van der Waals surface area contributed by atoms with Crippen molar-refractivity contribution in [2.45, 2.75) is 104 Å². The van der Waals surface area contributed by atoms with Crippen LogP contribution in [0.3, 0.4) is 0 Å². The van der Waals surface area contributed by atoms with Crippen LogP contribution in [0, 0.1) is 0 Å². The number of Topliss-reactive ketones (excluding diaryl/α,β-unsaturated/α-hetero) is 1. The highest BCUT2D eigenvalue weighted by molar-refractivity contribution is 8.02. The number of thioether (sulfide) groups is 1. The second kappa shape index (κ2) is 18.6. The van der Waals surface area contributed by atoms with Crippen molar-refractivity contribution in [3.05, 3.63) is 70.8 Å². The molecule has 0 saturated carbocycles. The second-order valence-electron chi connectivity index (χ2n) is 10.8. The van der Waals surface area contributed by atoms with E-state index in [9.17, 15) is 9.59 Å². The van der Waals surface area contributed by atoms with E-state index in [0.717, 1.165) is 36.5 Å². The Bertz CT molecular complexity index is 1070. The monoisotopic (exact) mass is 564 g/mol. The van der Waals surface area contributed by atoms with Crippen LogP contribution >= 0.6 is 11.8 Å². The highest BCUT2D eigenvalue weighted by Gasteiger charge is 2.16. The van der Waals surface area contributed by atoms with Crippen LogP contribution in [0.5, 0.6) is 5.75 Å². The van der Waals surface area contributed by atoms with E-state index in [2.05, 4.69) is 28.7 Å². The number of nitrogens with one attached hydrogen (secondary N) is 1. The van der Waals surface area contributed by atoms with Gasteiger partial charge in [-0.15, -0.1) is 11.8 Å². The molecule has 0 bridgehead atoms. The molecule has 0 radical (unpaired) electrons. The van der Waals surface area contributed by atoms with Crippen molar-refractivity contribution in [1.29, 1.82) is 0 Å². The number of carbonyl (C=O) groups is 2. The van der Waals surface area contributed by atoms with E-state index in [1.807, 2.05) is 36.4 Å². The minimum Gasteiger partial charge on any atom is -0.493 e. The SMILES string of the molecule is CCCCCCCCCCCCCCOc1c(CC(=O)Nc2ccc(CN3C=CSC3)cc2)cccc1C(C)=O. The molecule has 0 aliphatic carbocycles. The molecule has 1 aliphatic heterocycles. The fourth-order valence-corrected chi connectivity index (χ4v) is 5.72. The number of benzene rings is 2. The molecule has 1 heterocycles. The van der Waals surface area contributed by atoms with E-state index in [4.69, 9.17) is 4.74 Å². The maximum absolute atomic E-state index is 12.9. The maximum Gasteiger partial charge on any atom is 0.228 e. The molecular weight excluding hydrogens is 516 g/mol. The molecule has 1 amide bonds. The van der Waals surface area contributed by atoms with Gasteiger partial charge in [0.05, 0.1) is 24.5 Å². The van der Waals surface area contributed by atoms with Gasteiger partial charge in [0.25, 0.3) is 0 Å². The van der Waals surface area contributed by atoms with Crippen LogP contribution in [0.25, 0.3) is 0 Å². The van der Waals surface area contributed by atoms with Gasteiger partial charge in [0.2, 0.25) is 5.91 Å². The van der Waals surface area contributed by atoms with Crippen molar-refractivity contribution >= 4 is 29.1 Å². The molecule has 0 aromatic heterocycles. The first-order valence-electron chi connectivity index (χ1n) is 15.2. The summed E-state index contributed by atoms with van der Waals surface area (Å²) in [5.74, 6) is 1.36. The number of ether oxygens (including phenoxy) is 1. The maximum atomic E-state index is 12.9. The normalized spacial score (nSPS) is 12.6. The summed E-state index contributed by atoms with van der Waals surface area (Å²) in [6.45, 7) is 5.23. The topological polar surface area (TPSA) is 58.6 Å². The highest BCUT2D eigenvalue weighted by Crippen LogP contribution is 2.26. The molecule has 5 nitrogen and oxygen atoms in total. The summed E-state index contributed by atoms with van der Waals surface area (Å²) in [4.78, 5) is 27.4. The fraction of sp³-hybridized carbons (Fsp3) is 0.529. The van der Waals surface area contributed by atoms with Crippen LogP contribution in [0.4, 0.5) is 5.69 Å². The molecule has 0 saturated heterocycles. The van der Waals surface area contributed by atoms with Gasteiger partial charge in [-0.2, -0.15) is 0 Å². The van der Waals surface area contributed by atoms with Crippen molar-refractivity contribution in [2.24, 2.45) is 0 Å². The highest BCUT2D eigenvalue weighted by atomic mass is 32.2. The predicted molar refractivity (Wildman–Crippen MR) is 169 cm³/mol. The number of unbranched alkanes of at least 4 members (excludes halogenated alkanes) is 11. The first kappa shape index (κ1) is 31.8. The van der Waals surface area contributed by atoms with E-state index < -0.39 is 0 Å². The van der Waals surface area contributed by atoms with Gasteiger partial charge in [0.1, 0.15) is 5.75 Å². The van der Waals surface area contributed by atoms with Gasteiger partial charge in [-0.25, -0.2) is 0 Å². The zero-order valence-electron chi connectivity index (χ0n) is 24.6. The molecule has 218 valence electrons. The van der Waals surface area contributed by atoms with E-state index in [1.165, 1.54) is 69.8 Å². The van der Waals surface area contributed by atoms with Crippen LogP contribution in [0.1, 0.15) is 112 Å². The molecule has 0 unspecified atom stereocenters. The lowest BCUT2D eigenvalue weighted by Crippen LogP contribution is -2.16. The van der Waals surface area contributed by atoms with E-state index in [-0.39, 0.29) is 18.1 Å². The quantitative estimate of drug-likeness (QED) is 0.128. The molecule has 2 aromatic carbocycles. The number of carbonyl (C=O) groups excluding carboxylic acids is 2. The Balaban J connectivity index is 1.40. The number of anilines is 1. The van der Waals surface area contributed by atoms with Gasteiger partial charge in [-0.1, -0.05) is 102 Å². The van der Waals surface area contributed by atoms with Gasteiger partial charge in [-0.3, -0.25) is 9.59 Å².